The van der Waals surface area contributed by atoms with Crippen LogP contribution in [0.1, 0.15) is 27.7 Å². The van der Waals surface area contributed by atoms with E-state index in [1.807, 2.05) is 0 Å². The van der Waals surface area contributed by atoms with E-state index in [-0.39, 0.29) is 18.0 Å². The van der Waals surface area contributed by atoms with Crippen molar-refractivity contribution < 1.29 is 47.8 Å². The second-order valence-electron chi connectivity index (χ2n) is 7.09. The minimum Gasteiger partial charge on any atom is -0.463 e. The molecule has 0 aromatic heterocycles. The molecule has 5 atom stereocenters. The summed E-state index contributed by atoms with van der Waals surface area (Å²) in [6.45, 7) is 4.24. The highest BCUT2D eigenvalue weighted by molar-refractivity contribution is 5.73. The van der Waals surface area contributed by atoms with Gasteiger partial charge in [0.05, 0.1) is 4.92 Å². The number of nitro groups is 1. The number of benzene rings is 1. The van der Waals surface area contributed by atoms with Crippen molar-refractivity contribution in [2.24, 2.45) is 0 Å². The van der Waals surface area contributed by atoms with Crippen LogP contribution in [0.3, 0.4) is 0 Å². The van der Waals surface area contributed by atoms with Gasteiger partial charge < -0.3 is 29.0 Å². The molecule has 1 amide bonds. The monoisotopic (exact) mass is 468 g/mol. The molecule has 2 rings (SSSR count). The maximum absolute atomic E-state index is 11.9. The normalized spacial score (nSPS) is 24.2. The van der Waals surface area contributed by atoms with Crippen molar-refractivity contribution in [3.05, 3.63) is 34.4 Å². The number of hydrogen-bond acceptors (Lipinski definition) is 11. The van der Waals surface area contributed by atoms with Crippen LogP contribution >= 0.6 is 0 Å². The summed E-state index contributed by atoms with van der Waals surface area (Å²) in [4.78, 5) is 57.0. The molecule has 0 radical (unpaired) electrons. The molecule has 1 saturated heterocycles. The van der Waals surface area contributed by atoms with Gasteiger partial charge in [-0.1, -0.05) is 0 Å². The first kappa shape index (κ1) is 25.5. The molecule has 0 saturated carbocycles. The van der Waals surface area contributed by atoms with Crippen molar-refractivity contribution >= 4 is 29.5 Å². The lowest BCUT2D eigenvalue weighted by Gasteiger charge is -2.44. The van der Waals surface area contributed by atoms with E-state index in [9.17, 15) is 29.3 Å². The second-order valence-corrected chi connectivity index (χ2v) is 7.09. The highest BCUT2D eigenvalue weighted by atomic mass is 16.7. The van der Waals surface area contributed by atoms with E-state index in [1.165, 1.54) is 31.2 Å². The van der Waals surface area contributed by atoms with E-state index in [2.05, 4.69) is 5.32 Å². The van der Waals surface area contributed by atoms with Gasteiger partial charge in [0.2, 0.25) is 12.2 Å². The molecular formula is C20H24N2O11. The Morgan fingerprint density at radius 1 is 0.970 bits per heavy atom. The minimum absolute atomic E-state index is 0.139. The van der Waals surface area contributed by atoms with Gasteiger partial charge in [-0.25, -0.2) is 0 Å². The maximum atomic E-state index is 11.9. The summed E-state index contributed by atoms with van der Waals surface area (Å²) in [5.74, 6) is -2.50. The lowest BCUT2D eigenvalue weighted by Crippen LogP contribution is -2.67. The summed E-state index contributed by atoms with van der Waals surface area (Å²) in [7, 11) is 0. The number of rotatable bonds is 8. The molecule has 1 aliphatic heterocycles. The van der Waals surface area contributed by atoms with E-state index < -0.39 is 59.4 Å². The van der Waals surface area contributed by atoms with E-state index in [0.29, 0.717) is 0 Å². The Kier molecular flexibility index (Phi) is 8.68. The first-order chi connectivity index (χ1) is 15.5. The SMILES string of the molecule is CC(=O)NC1C(OC(C)=O)[C@@H](OC(C)=O)C(COC(C)=O)O[C@H]1Oc1ccc([N+](=O)[O-])cc1. The fourth-order valence-electron chi connectivity index (χ4n) is 3.17. The summed E-state index contributed by atoms with van der Waals surface area (Å²) in [5, 5.41) is 13.4. The first-order valence-electron chi connectivity index (χ1n) is 9.79. The topological polar surface area (TPSA) is 170 Å². The van der Waals surface area contributed by atoms with Crippen molar-refractivity contribution in [1.29, 1.82) is 0 Å². The van der Waals surface area contributed by atoms with Gasteiger partial charge >= 0.3 is 17.9 Å². The Balaban J connectivity index is 2.43. The quantitative estimate of drug-likeness (QED) is 0.246. The van der Waals surface area contributed by atoms with Crippen LogP contribution in [0.15, 0.2) is 24.3 Å². The number of carbonyl (C=O) groups is 4. The van der Waals surface area contributed by atoms with E-state index in [4.69, 9.17) is 23.7 Å². The molecule has 1 aromatic rings. The lowest BCUT2D eigenvalue weighted by molar-refractivity contribution is -0.384. The van der Waals surface area contributed by atoms with E-state index >= 15 is 0 Å². The van der Waals surface area contributed by atoms with Gasteiger partial charge in [-0.15, -0.1) is 0 Å². The third kappa shape index (κ3) is 7.42. The van der Waals surface area contributed by atoms with Gasteiger partial charge in [0.25, 0.3) is 5.69 Å². The molecule has 13 heteroatoms. The average molecular weight is 468 g/mol. The Morgan fingerprint density at radius 3 is 2.03 bits per heavy atom. The summed E-state index contributed by atoms with van der Waals surface area (Å²) < 4.78 is 27.2. The molecule has 33 heavy (non-hydrogen) atoms. The largest absolute Gasteiger partial charge is 0.463 e. The van der Waals surface area contributed by atoms with E-state index in [1.54, 1.807) is 0 Å². The smallest absolute Gasteiger partial charge is 0.303 e. The first-order valence-corrected chi connectivity index (χ1v) is 9.79. The standard InChI is InChI=1S/C20H24N2O11/c1-10(23)21-17-19(31-13(4)26)18(30-12(3)25)16(9-29-11(2)24)33-20(17)32-15-7-5-14(6-8-15)22(27)28/h5-8,16-20H,9H2,1-4H3,(H,21,23)/t16?,17?,18-,19?,20+/m0/s1. The van der Waals surface area contributed by atoms with Crippen LogP contribution in [-0.4, -0.2) is 66.0 Å². The van der Waals surface area contributed by atoms with Gasteiger partial charge in [0, 0.05) is 39.8 Å². The third-order valence-corrected chi connectivity index (χ3v) is 4.37. The molecule has 1 heterocycles. The number of carbonyl (C=O) groups excluding carboxylic acids is 4. The highest BCUT2D eigenvalue weighted by Crippen LogP contribution is 2.29. The fraction of sp³-hybridized carbons (Fsp3) is 0.500. The second kappa shape index (κ2) is 11.2. The van der Waals surface area contributed by atoms with Crippen molar-refractivity contribution in [3.63, 3.8) is 0 Å². The highest BCUT2D eigenvalue weighted by Gasteiger charge is 2.51. The van der Waals surface area contributed by atoms with Crippen LogP contribution in [0.25, 0.3) is 0 Å². The molecule has 0 spiro atoms. The molecule has 1 N–H and O–H groups in total. The zero-order valence-corrected chi connectivity index (χ0v) is 18.3. The summed E-state index contributed by atoms with van der Waals surface area (Å²) in [6.07, 6.45) is -4.96. The number of nitrogens with one attached hydrogen (secondary N) is 1. The van der Waals surface area contributed by atoms with Crippen LogP contribution in [0.4, 0.5) is 5.69 Å². The Hall–Kier alpha value is -3.74. The van der Waals surface area contributed by atoms with Gasteiger partial charge in [0.15, 0.2) is 12.2 Å². The van der Waals surface area contributed by atoms with Crippen LogP contribution in [0.5, 0.6) is 5.75 Å². The number of nitrogens with zero attached hydrogens (tertiary/aromatic N) is 1. The molecule has 1 aliphatic rings. The van der Waals surface area contributed by atoms with Crippen molar-refractivity contribution in [2.45, 2.75) is 58.3 Å². The zero-order chi connectivity index (χ0) is 24.7. The third-order valence-electron chi connectivity index (χ3n) is 4.37. The number of non-ortho nitro benzene ring substituents is 1. The van der Waals surface area contributed by atoms with Crippen molar-refractivity contribution in [1.82, 2.24) is 5.32 Å². The predicted octanol–water partition coefficient (Wildman–Crippen LogP) is 0.630. The summed E-state index contributed by atoms with van der Waals surface area (Å²) >= 11 is 0. The predicted molar refractivity (Wildman–Crippen MR) is 108 cm³/mol. The molecular weight excluding hydrogens is 444 g/mol. The molecule has 3 unspecified atom stereocenters. The van der Waals surface area contributed by atoms with Crippen LogP contribution in [-0.2, 0) is 38.1 Å². The van der Waals surface area contributed by atoms with Gasteiger partial charge in [-0.05, 0) is 12.1 Å². The molecule has 13 nitrogen and oxygen atoms in total. The summed E-state index contributed by atoms with van der Waals surface area (Å²) in [6, 6.07) is 3.87. The van der Waals surface area contributed by atoms with E-state index in [0.717, 1.165) is 20.8 Å². The zero-order valence-electron chi connectivity index (χ0n) is 18.3. The summed E-state index contributed by atoms with van der Waals surface area (Å²) in [5.41, 5.74) is -0.175. The van der Waals surface area contributed by atoms with Gasteiger partial charge in [-0.2, -0.15) is 0 Å². The minimum atomic E-state index is -1.31. The molecule has 0 bridgehead atoms. The van der Waals surface area contributed by atoms with Gasteiger partial charge in [0.1, 0.15) is 24.5 Å². The fourth-order valence-corrected chi connectivity index (χ4v) is 3.17. The van der Waals surface area contributed by atoms with Gasteiger partial charge in [-0.3, -0.25) is 29.3 Å². The maximum Gasteiger partial charge on any atom is 0.303 e. The number of ether oxygens (including phenoxy) is 5. The number of nitro benzene ring substituents is 1. The Bertz CT molecular complexity index is 902. The van der Waals surface area contributed by atoms with Crippen molar-refractivity contribution in [3.8, 4) is 5.75 Å². The van der Waals surface area contributed by atoms with Crippen LogP contribution < -0.4 is 10.1 Å². The Labute approximate surface area is 188 Å². The van der Waals surface area contributed by atoms with Crippen molar-refractivity contribution in [2.75, 3.05) is 6.61 Å². The number of amides is 1. The van der Waals surface area contributed by atoms with Crippen LogP contribution in [0.2, 0.25) is 0 Å². The molecule has 180 valence electrons. The van der Waals surface area contributed by atoms with Crippen LogP contribution in [0, 0.1) is 10.1 Å². The molecule has 1 fully saturated rings. The average Bonchev–Trinajstić information content (AvgIpc) is 2.70. The lowest BCUT2D eigenvalue weighted by atomic mass is 9.96. The molecule has 1 aromatic carbocycles. The Morgan fingerprint density at radius 2 is 1.55 bits per heavy atom. The molecule has 0 aliphatic carbocycles. The number of esters is 3. The number of hydrogen-bond donors (Lipinski definition) is 1.